The summed E-state index contributed by atoms with van der Waals surface area (Å²) in [6, 6.07) is 21.9. The number of nitrogens with zero attached hydrogens (tertiary/aromatic N) is 3. The van der Waals surface area contributed by atoms with Crippen LogP contribution >= 0.6 is 12.2 Å². The van der Waals surface area contributed by atoms with E-state index in [0.29, 0.717) is 22.9 Å². The number of hydrogen-bond donors (Lipinski definition) is 2. The number of esters is 1. The summed E-state index contributed by atoms with van der Waals surface area (Å²) in [5.41, 5.74) is 3.44. The minimum atomic E-state index is -0.422. The van der Waals surface area contributed by atoms with Crippen molar-refractivity contribution in [2.75, 3.05) is 19.0 Å². The molecular weight excluding hydrogens is 517 g/mol. The summed E-state index contributed by atoms with van der Waals surface area (Å²) in [7, 11) is 1.35. The first kappa shape index (κ1) is 26.1. The molecule has 0 bridgehead atoms. The number of amides is 1. The van der Waals surface area contributed by atoms with Gasteiger partial charge in [0, 0.05) is 42.4 Å². The minimum absolute atomic E-state index is 0.156. The van der Waals surface area contributed by atoms with Gasteiger partial charge in [0.1, 0.15) is 5.82 Å². The van der Waals surface area contributed by atoms with E-state index in [0.717, 1.165) is 17.1 Å². The van der Waals surface area contributed by atoms with Gasteiger partial charge >= 0.3 is 5.97 Å². The molecule has 1 amide bonds. The zero-order chi connectivity index (χ0) is 27.4. The van der Waals surface area contributed by atoms with E-state index in [4.69, 9.17) is 17.0 Å². The normalized spacial score (nSPS) is 16.6. The average Bonchev–Trinajstić information content (AvgIpc) is 3.57. The number of aromatic nitrogens is 2. The van der Waals surface area contributed by atoms with Gasteiger partial charge in [0.15, 0.2) is 5.11 Å². The molecule has 8 nitrogen and oxygen atoms in total. The number of thiocarbonyl (C=S) groups is 1. The molecular formula is C29H26FN5O3S. The Kier molecular flexibility index (Phi) is 7.64. The number of carbonyl (C=O) groups is 2. The molecule has 1 aliphatic rings. The van der Waals surface area contributed by atoms with E-state index in [1.807, 2.05) is 52.1 Å². The summed E-state index contributed by atoms with van der Waals surface area (Å²) in [4.78, 5) is 31.5. The molecule has 0 unspecified atom stereocenters. The smallest absolute Gasteiger partial charge is 0.337 e. The summed E-state index contributed by atoms with van der Waals surface area (Å²) < 4.78 is 20.1. The van der Waals surface area contributed by atoms with Crippen molar-refractivity contribution in [2.45, 2.75) is 18.5 Å². The quantitative estimate of drug-likeness (QED) is 0.244. The Hall–Kier alpha value is -4.57. The van der Waals surface area contributed by atoms with E-state index < -0.39 is 5.97 Å². The lowest BCUT2D eigenvalue weighted by Crippen LogP contribution is -2.33. The van der Waals surface area contributed by atoms with E-state index in [1.54, 1.807) is 24.4 Å². The summed E-state index contributed by atoms with van der Waals surface area (Å²) in [5, 5.41) is 6.69. The van der Waals surface area contributed by atoms with E-state index >= 15 is 0 Å². The zero-order valence-electron chi connectivity index (χ0n) is 21.1. The number of carbonyl (C=O) groups excluding carboxylic acids is 2. The minimum Gasteiger partial charge on any atom is -0.465 e. The third-order valence-corrected chi connectivity index (χ3v) is 6.89. The van der Waals surface area contributed by atoms with Crippen molar-refractivity contribution in [1.82, 2.24) is 19.8 Å². The Morgan fingerprint density at radius 1 is 1.08 bits per heavy atom. The molecule has 0 spiro atoms. The summed E-state index contributed by atoms with van der Waals surface area (Å²) in [5.74, 6) is -1.01. The molecule has 2 aromatic carbocycles. The summed E-state index contributed by atoms with van der Waals surface area (Å²) in [6.07, 6.45) is 3.81. The molecule has 5 rings (SSSR count). The molecule has 2 aromatic heterocycles. The second kappa shape index (κ2) is 11.4. The lowest BCUT2D eigenvalue weighted by molar-refractivity contribution is -0.116. The predicted octanol–water partition coefficient (Wildman–Crippen LogP) is 4.80. The fourth-order valence-electron chi connectivity index (χ4n) is 4.72. The van der Waals surface area contributed by atoms with Gasteiger partial charge in [-0.2, -0.15) is 0 Å². The Morgan fingerprint density at radius 3 is 2.64 bits per heavy atom. The van der Waals surface area contributed by atoms with Crippen LogP contribution < -0.4 is 10.6 Å². The van der Waals surface area contributed by atoms with Gasteiger partial charge in [0.25, 0.3) is 0 Å². The topological polar surface area (TPSA) is 88.5 Å². The van der Waals surface area contributed by atoms with Crippen molar-refractivity contribution in [1.29, 1.82) is 0 Å². The number of rotatable bonds is 8. The van der Waals surface area contributed by atoms with E-state index in [2.05, 4.69) is 15.6 Å². The second-order valence-corrected chi connectivity index (χ2v) is 9.36. The van der Waals surface area contributed by atoms with Gasteiger partial charge in [0.2, 0.25) is 5.91 Å². The maximum Gasteiger partial charge on any atom is 0.337 e. The molecule has 10 heteroatoms. The Labute approximate surface area is 230 Å². The Morgan fingerprint density at radius 2 is 1.90 bits per heavy atom. The second-order valence-electron chi connectivity index (χ2n) is 8.97. The monoisotopic (exact) mass is 543 g/mol. The molecule has 0 radical (unpaired) electrons. The van der Waals surface area contributed by atoms with Crippen molar-refractivity contribution in [3.05, 3.63) is 114 Å². The molecule has 1 saturated heterocycles. The van der Waals surface area contributed by atoms with E-state index in [9.17, 15) is 14.0 Å². The number of hydrogen-bond acceptors (Lipinski definition) is 5. The number of nitrogens with one attached hydrogen (secondary N) is 2. The number of halogens is 1. The van der Waals surface area contributed by atoms with Gasteiger partial charge < -0.3 is 24.8 Å². The summed E-state index contributed by atoms with van der Waals surface area (Å²) in [6.45, 7) is 0.334. The fourth-order valence-corrected chi connectivity index (χ4v) is 5.05. The van der Waals surface area contributed by atoms with Gasteiger partial charge in [-0.05, 0) is 78.9 Å². The van der Waals surface area contributed by atoms with Gasteiger partial charge in [-0.1, -0.05) is 12.1 Å². The van der Waals surface area contributed by atoms with Gasteiger partial charge in [-0.25, -0.2) is 9.18 Å². The lowest BCUT2D eigenvalue weighted by Gasteiger charge is -2.29. The number of methoxy groups -OCH3 is 1. The van der Waals surface area contributed by atoms with Crippen LogP contribution in [0.5, 0.6) is 0 Å². The molecule has 0 saturated carbocycles. The standard InChI is InChI=1S/C29H26FN5O3S/c1-38-28(37)19-6-4-7-22(18-19)34-16-5-9-24(34)27-26(23-8-2-3-15-31-23)33-29(39)35(27)17-14-25(36)32-21-12-10-20(30)11-13-21/h2-13,15-16,18,26-27H,14,17H2,1H3,(H,32,36)(H,33,39)/t26-,27-/m1/s1. The predicted molar refractivity (Wildman–Crippen MR) is 149 cm³/mol. The van der Waals surface area contributed by atoms with Crippen LogP contribution in [0.25, 0.3) is 5.69 Å². The van der Waals surface area contributed by atoms with Crippen LogP contribution in [-0.2, 0) is 9.53 Å². The van der Waals surface area contributed by atoms with Gasteiger partial charge in [-0.3, -0.25) is 9.78 Å². The van der Waals surface area contributed by atoms with Crippen LogP contribution in [0.3, 0.4) is 0 Å². The molecule has 4 aromatic rings. The van der Waals surface area contributed by atoms with Crippen LogP contribution in [0.2, 0.25) is 0 Å². The maximum absolute atomic E-state index is 13.2. The number of anilines is 1. The first-order valence-corrected chi connectivity index (χ1v) is 12.7. The molecule has 2 atom stereocenters. The largest absolute Gasteiger partial charge is 0.465 e. The van der Waals surface area contributed by atoms with Crippen LogP contribution in [0.1, 0.15) is 40.3 Å². The molecule has 1 fully saturated rings. The maximum atomic E-state index is 13.2. The third kappa shape index (κ3) is 5.65. The van der Waals surface area contributed by atoms with Crippen molar-refractivity contribution < 1.29 is 18.7 Å². The highest BCUT2D eigenvalue weighted by Crippen LogP contribution is 2.39. The number of ether oxygens (including phenoxy) is 1. The molecule has 39 heavy (non-hydrogen) atoms. The first-order valence-electron chi connectivity index (χ1n) is 12.3. The molecule has 198 valence electrons. The average molecular weight is 544 g/mol. The van der Waals surface area contributed by atoms with Crippen molar-refractivity contribution in [3.8, 4) is 5.69 Å². The Bertz CT molecular complexity index is 1490. The molecule has 3 heterocycles. The van der Waals surface area contributed by atoms with Crippen LogP contribution in [-0.4, -0.2) is 45.1 Å². The number of pyridine rings is 1. The highest BCUT2D eigenvalue weighted by molar-refractivity contribution is 7.80. The van der Waals surface area contributed by atoms with E-state index in [1.165, 1.54) is 31.4 Å². The first-order chi connectivity index (χ1) is 18.9. The lowest BCUT2D eigenvalue weighted by atomic mass is 10.0. The molecule has 1 aliphatic heterocycles. The van der Waals surface area contributed by atoms with Crippen LogP contribution in [0, 0.1) is 5.82 Å². The van der Waals surface area contributed by atoms with Crippen molar-refractivity contribution in [2.24, 2.45) is 0 Å². The van der Waals surface area contributed by atoms with Crippen LogP contribution in [0.15, 0.2) is 91.3 Å². The van der Waals surface area contributed by atoms with Crippen molar-refractivity contribution in [3.63, 3.8) is 0 Å². The SMILES string of the molecule is COC(=O)c1cccc(-n2cccc2[C@@H]2[C@@H](c3ccccn3)NC(=S)N2CCC(=O)Nc2ccc(F)cc2)c1. The Balaban J connectivity index is 1.45. The fraction of sp³-hybridized carbons (Fsp3) is 0.172. The zero-order valence-corrected chi connectivity index (χ0v) is 21.9. The van der Waals surface area contributed by atoms with Gasteiger partial charge in [0.05, 0.1) is 30.5 Å². The van der Waals surface area contributed by atoms with Crippen molar-refractivity contribution >= 4 is 34.9 Å². The molecule has 2 N–H and O–H groups in total. The third-order valence-electron chi connectivity index (χ3n) is 6.53. The van der Waals surface area contributed by atoms with Crippen LogP contribution in [0.4, 0.5) is 10.1 Å². The van der Waals surface area contributed by atoms with E-state index in [-0.39, 0.29) is 30.2 Å². The highest BCUT2D eigenvalue weighted by atomic mass is 32.1. The van der Waals surface area contributed by atoms with Gasteiger partial charge in [-0.15, -0.1) is 0 Å². The highest BCUT2D eigenvalue weighted by Gasteiger charge is 2.41. The number of benzene rings is 2. The summed E-state index contributed by atoms with van der Waals surface area (Å²) >= 11 is 5.74. The molecule has 0 aliphatic carbocycles.